The van der Waals surface area contributed by atoms with Crippen LogP contribution >= 0.6 is 11.8 Å². The fourth-order valence-electron chi connectivity index (χ4n) is 2.04. The van der Waals surface area contributed by atoms with Gasteiger partial charge >= 0.3 is 105 Å². The van der Waals surface area contributed by atoms with Gasteiger partial charge in [0, 0.05) is 0 Å². The summed E-state index contributed by atoms with van der Waals surface area (Å²) in [4.78, 5) is 0. The maximum atomic E-state index is 4.49. The first-order valence-corrected chi connectivity index (χ1v) is 8.02. The van der Waals surface area contributed by atoms with Gasteiger partial charge in [-0.2, -0.15) is 0 Å². The van der Waals surface area contributed by atoms with Crippen LogP contribution in [-0.4, -0.2) is 31.6 Å². The molecule has 1 aromatic carbocycles. The van der Waals surface area contributed by atoms with Crippen molar-refractivity contribution in [3.8, 4) is 0 Å². The molecule has 0 spiro atoms. The molecule has 0 aromatic heterocycles. The van der Waals surface area contributed by atoms with Gasteiger partial charge in [0.1, 0.15) is 0 Å². The van der Waals surface area contributed by atoms with Crippen LogP contribution in [0.2, 0.25) is 0 Å². The standard InChI is InChI=1S/C11H13N3SSe/c1-7-8(5-6-15-7)12-9-3-2-4-10-11(9)14-16-13-10/h2-4,7-8,12H,5-6H2,1H3. The van der Waals surface area contributed by atoms with Gasteiger partial charge in [0.2, 0.25) is 0 Å². The molecule has 16 heavy (non-hydrogen) atoms. The third kappa shape index (κ3) is 1.88. The minimum absolute atomic E-state index is 0.0656. The van der Waals surface area contributed by atoms with Crippen molar-refractivity contribution >= 4 is 43.4 Å². The van der Waals surface area contributed by atoms with Gasteiger partial charge in [-0.3, -0.25) is 0 Å². The molecule has 3 nitrogen and oxygen atoms in total. The van der Waals surface area contributed by atoms with Crippen LogP contribution in [-0.2, 0) is 0 Å². The van der Waals surface area contributed by atoms with Crippen LogP contribution in [0.3, 0.4) is 0 Å². The molecule has 1 N–H and O–H groups in total. The molecule has 2 aliphatic rings. The van der Waals surface area contributed by atoms with E-state index in [0.717, 1.165) is 11.4 Å². The molecule has 84 valence electrons. The van der Waals surface area contributed by atoms with E-state index in [9.17, 15) is 0 Å². The van der Waals surface area contributed by atoms with E-state index in [0.29, 0.717) is 11.3 Å². The van der Waals surface area contributed by atoms with Crippen molar-refractivity contribution in [2.24, 2.45) is 7.92 Å². The van der Waals surface area contributed by atoms with Gasteiger partial charge in [-0.25, -0.2) is 0 Å². The Labute approximate surface area is 105 Å². The van der Waals surface area contributed by atoms with Gasteiger partial charge in [0.05, 0.1) is 0 Å². The van der Waals surface area contributed by atoms with Gasteiger partial charge in [-0.1, -0.05) is 0 Å². The fourth-order valence-corrected chi connectivity index (χ4v) is 4.40. The van der Waals surface area contributed by atoms with E-state index in [1.54, 1.807) is 0 Å². The molecule has 0 radical (unpaired) electrons. The molecule has 0 saturated carbocycles. The molecule has 0 aliphatic carbocycles. The first kappa shape index (κ1) is 10.6. The number of rotatable bonds is 2. The van der Waals surface area contributed by atoms with E-state index in [-0.39, 0.29) is 14.6 Å². The Morgan fingerprint density at radius 1 is 1.44 bits per heavy atom. The quantitative estimate of drug-likeness (QED) is 0.863. The van der Waals surface area contributed by atoms with Gasteiger partial charge in [0.25, 0.3) is 0 Å². The Morgan fingerprint density at radius 3 is 3.19 bits per heavy atom. The third-order valence-corrected chi connectivity index (χ3v) is 5.47. The van der Waals surface area contributed by atoms with Crippen LogP contribution in [0, 0.1) is 0 Å². The van der Waals surface area contributed by atoms with Crippen molar-refractivity contribution < 1.29 is 0 Å². The molecule has 5 heteroatoms. The molecule has 0 amide bonds. The van der Waals surface area contributed by atoms with Crippen LogP contribution in [0.25, 0.3) is 0 Å². The van der Waals surface area contributed by atoms with Crippen LogP contribution in [0.4, 0.5) is 17.1 Å². The Bertz CT molecular complexity index is 482. The topological polar surface area (TPSA) is 36.8 Å². The van der Waals surface area contributed by atoms with Crippen LogP contribution in [0.1, 0.15) is 13.3 Å². The summed E-state index contributed by atoms with van der Waals surface area (Å²) in [7, 11) is 0. The monoisotopic (exact) mass is 299 g/mol. The summed E-state index contributed by atoms with van der Waals surface area (Å²) in [5.74, 6) is 1.26. The summed E-state index contributed by atoms with van der Waals surface area (Å²) in [6.07, 6.45) is 1.25. The second kappa shape index (κ2) is 4.40. The number of anilines is 1. The van der Waals surface area contributed by atoms with Gasteiger partial charge < -0.3 is 0 Å². The summed E-state index contributed by atoms with van der Waals surface area (Å²) in [5, 5.41) is 4.32. The average molecular weight is 298 g/mol. The molecule has 0 bridgehead atoms. The predicted molar refractivity (Wildman–Crippen MR) is 70.3 cm³/mol. The zero-order chi connectivity index (χ0) is 11.0. The van der Waals surface area contributed by atoms with E-state index in [1.807, 2.05) is 17.8 Å². The zero-order valence-corrected chi connectivity index (χ0v) is 11.5. The number of nitrogens with zero attached hydrogens (tertiary/aromatic N) is 2. The Morgan fingerprint density at radius 2 is 2.38 bits per heavy atom. The number of hydrogen-bond acceptors (Lipinski definition) is 4. The van der Waals surface area contributed by atoms with Crippen molar-refractivity contribution in [2.75, 3.05) is 11.1 Å². The van der Waals surface area contributed by atoms with E-state index < -0.39 is 0 Å². The summed E-state index contributed by atoms with van der Waals surface area (Å²) in [5.41, 5.74) is 3.30. The number of thioether (sulfide) groups is 1. The van der Waals surface area contributed by atoms with Crippen molar-refractivity contribution in [1.29, 1.82) is 0 Å². The number of fused-ring (bicyclic) bond motifs is 1. The summed E-state index contributed by atoms with van der Waals surface area (Å²) in [6, 6.07) is 6.81. The average Bonchev–Trinajstić information content (AvgIpc) is 2.89. The van der Waals surface area contributed by atoms with Gasteiger partial charge in [-0.05, 0) is 0 Å². The molecule has 1 saturated heterocycles. The molecule has 2 unspecified atom stereocenters. The summed E-state index contributed by atoms with van der Waals surface area (Å²) < 4.78 is 8.90. The van der Waals surface area contributed by atoms with E-state index in [2.05, 4.69) is 32.3 Å². The SMILES string of the molecule is CC1SCCC1Nc1cccc2c1N=[Se]=N2. The molecule has 1 aromatic rings. The van der Waals surface area contributed by atoms with Crippen molar-refractivity contribution in [3.05, 3.63) is 18.2 Å². The Hall–Kier alpha value is -0.511. The molecule has 1 fully saturated rings. The van der Waals surface area contributed by atoms with Crippen molar-refractivity contribution in [2.45, 2.75) is 24.6 Å². The second-order valence-electron chi connectivity index (χ2n) is 4.05. The maximum absolute atomic E-state index is 4.49. The predicted octanol–water partition coefficient (Wildman–Crippen LogP) is 3.34. The van der Waals surface area contributed by atoms with E-state index in [1.165, 1.54) is 17.9 Å². The molecule has 3 rings (SSSR count). The number of benzene rings is 1. The van der Waals surface area contributed by atoms with Gasteiger partial charge in [-0.15, -0.1) is 0 Å². The Balaban J connectivity index is 1.85. The first-order valence-electron chi connectivity index (χ1n) is 5.44. The Kier molecular flexibility index (Phi) is 2.92. The molecular formula is C11H13N3SSe. The molecule has 2 atom stereocenters. The fraction of sp³-hybridized carbons (Fsp3) is 0.455. The summed E-state index contributed by atoms with van der Waals surface area (Å²) >= 11 is 2.11. The number of hydrogen-bond donors (Lipinski definition) is 1. The second-order valence-corrected chi connectivity index (χ2v) is 6.65. The van der Waals surface area contributed by atoms with Crippen molar-refractivity contribution in [1.82, 2.24) is 0 Å². The van der Waals surface area contributed by atoms with Crippen LogP contribution < -0.4 is 5.32 Å². The molecular weight excluding hydrogens is 285 g/mol. The number of nitrogens with one attached hydrogen (secondary N) is 1. The van der Waals surface area contributed by atoms with Crippen molar-refractivity contribution in [3.63, 3.8) is 0 Å². The zero-order valence-electron chi connectivity index (χ0n) is 9.01. The third-order valence-electron chi connectivity index (χ3n) is 3.00. The van der Waals surface area contributed by atoms with E-state index >= 15 is 0 Å². The first-order chi connectivity index (χ1) is 7.84. The van der Waals surface area contributed by atoms with Gasteiger partial charge in [0.15, 0.2) is 0 Å². The summed E-state index contributed by atoms with van der Waals surface area (Å²) in [6.45, 7) is 2.30. The minimum atomic E-state index is 0.0656. The van der Waals surface area contributed by atoms with Crippen LogP contribution in [0.15, 0.2) is 26.1 Å². The normalized spacial score (nSPS) is 26.6. The molecule has 2 heterocycles. The molecule has 2 aliphatic heterocycles. The van der Waals surface area contributed by atoms with E-state index in [4.69, 9.17) is 0 Å². The van der Waals surface area contributed by atoms with Crippen LogP contribution in [0.5, 0.6) is 0 Å².